The Kier molecular flexibility index (Phi) is 10.8. The topological polar surface area (TPSA) is 88.4 Å². The number of hydrogen-bond acceptors (Lipinski definition) is 8. The van der Waals surface area contributed by atoms with E-state index in [1.807, 2.05) is 44.2 Å². The summed E-state index contributed by atoms with van der Waals surface area (Å²) >= 11 is 16.7. The number of carbonyl (C=O) groups is 1. The van der Waals surface area contributed by atoms with E-state index in [1.165, 1.54) is 15.9 Å². The zero-order valence-corrected chi connectivity index (χ0v) is 30.2. The number of fused-ring (bicyclic) bond motifs is 1. The molecular formula is C34H31Cl2IN2O6S. The molecule has 8 nitrogen and oxygen atoms in total. The van der Waals surface area contributed by atoms with Crippen LogP contribution >= 0.6 is 57.1 Å². The van der Waals surface area contributed by atoms with Gasteiger partial charge in [-0.15, -0.1) is 0 Å². The standard InChI is InChI=1S/C34H31Cl2IN2O6S/c1-6-43-33(41)29-19(4)38-34-39(30(29)22-9-12-26(45-18(2)3)27(16-22)42-5)32(40)28(46-34)15-21-13-24(35)31(25(36)14-21)44-17-20-7-10-23(37)11-8-20/h7-16,18,30H,6,17H2,1-5H3/b28-15-/t30-/m0/s1. The van der Waals surface area contributed by atoms with E-state index >= 15 is 0 Å². The Balaban J connectivity index is 1.57. The lowest BCUT2D eigenvalue weighted by Gasteiger charge is -2.25. The molecule has 0 saturated heterocycles. The number of rotatable bonds is 10. The van der Waals surface area contributed by atoms with Crippen molar-refractivity contribution < 1.29 is 23.7 Å². The van der Waals surface area contributed by atoms with Crippen LogP contribution in [-0.2, 0) is 16.1 Å². The van der Waals surface area contributed by atoms with Gasteiger partial charge in [-0.3, -0.25) is 9.36 Å². The van der Waals surface area contributed by atoms with Gasteiger partial charge in [-0.05, 0) is 109 Å². The Bertz CT molecular complexity index is 1980. The van der Waals surface area contributed by atoms with Crippen LogP contribution in [0.4, 0.5) is 0 Å². The second kappa shape index (κ2) is 14.6. The largest absolute Gasteiger partial charge is 0.493 e. The number of ether oxygens (including phenoxy) is 4. The van der Waals surface area contributed by atoms with Crippen molar-refractivity contribution in [2.75, 3.05) is 13.7 Å². The smallest absolute Gasteiger partial charge is 0.338 e. The number of hydrogen-bond donors (Lipinski definition) is 0. The van der Waals surface area contributed by atoms with Crippen LogP contribution in [0.3, 0.4) is 0 Å². The highest BCUT2D eigenvalue weighted by atomic mass is 127. The highest BCUT2D eigenvalue weighted by Crippen LogP contribution is 2.37. The molecule has 4 aromatic rings. The van der Waals surface area contributed by atoms with Crippen LogP contribution in [-0.4, -0.2) is 30.4 Å². The summed E-state index contributed by atoms with van der Waals surface area (Å²) in [5, 5.41) is 0.623. The first-order valence-corrected chi connectivity index (χ1v) is 17.1. The zero-order chi connectivity index (χ0) is 33.1. The fourth-order valence-corrected chi connectivity index (χ4v) is 7.02. The molecule has 12 heteroatoms. The SMILES string of the molecule is CCOC(=O)C1=C(C)N=c2s/c(=C\c3cc(Cl)c(OCc4ccc(I)cc4)c(Cl)c3)c(=O)n2[C@H]1c1ccc(OC(C)C)c(OC)c1. The monoisotopic (exact) mass is 792 g/mol. The average molecular weight is 794 g/mol. The lowest BCUT2D eigenvalue weighted by atomic mass is 9.95. The highest BCUT2D eigenvalue weighted by Gasteiger charge is 2.34. The molecule has 0 bridgehead atoms. The van der Waals surface area contributed by atoms with Crippen LogP contribution in [0.2, 0.25) is 10.0 Å². The first-order valence-electron chi connectivity index (χ1n) is 14.4. The molecule has 1 aliphatic rings. The van der Waals surface area contributed by atoms with E-state index in [1.54, 1.807) is 51.3 Å². The third-order valence-electron chi connectivity index (χ3n) is 7.00. The summed E-state index contributed by atoms with van der Waals surface area (Å²) in [6, 6.07) is 15.9. The summed E-state index contributed by atoms with van der Waals surface area (Å²) in [6.45, 7) is 7.77. The molecule has 5 rings (SSSR count). The van der Waals surface area contributed by atoms with Gasteiger partial charge in [0, 0.05) is 3.57 Å². The Morgan fingerprint density at radius 2 is 1.78 bits per heavy atom. The minimum Gasteiger partial charge on any atom is -0.493 e. The van der Waals surface area contributed by atoms with Crippen LogP contribution in [0.25, 0.3) is 6.08 Å². The first-order chi connectivity index (χ1) is 22.0. The molecule has 0 fully saturated rings. The Hall–Kier alpha value is -3.32. The van der Waals surface area contributed by atoms with Gasteiger partial charge in [0.15, 0.2) is 22.0 Å². The Labute approximate surface area is 294 Å². The van der Waals surface area contributed by atoms with E-state index in [-0.39, 0.29) is 23.8 Å². The van der Waals surface area contributed by atoms with E-state index in [0.29, 0.717) is 60.1 Å². The lowest BCUT2D eigenvalue weighted by Crippen LogP contribution is -2.40. The maximum absolute atomic E-state index is 14.1. The molecule has 2 heterocycles. The molecular weight excluding hydrogens is 762 g/mol. The second-order valence-electron chi connectivity index (χ2n) is 10.6. The molecule has 1 aromatic heterocycles. The molecule has 240 valence electrons. The molecule has 0 amide bonds. The van der Waals surface area contributed by atoms with Gasteiger partial charge in [-0.25, -0.2) is 9.79 Å². The van der Waals surface area contributed by atoms with Crippen LogP contribution in [0.5, 0.6) is 17.2 Å². The minimum atomic E-state index is -0.816. The van der Waals surface area contributed by atoms with Gasteiger partial charge in [-0.1, -0.05) is 52.7 Å². The van der Waals surface area contributed by atoms with E-state index in [9.17, 15) is 9.59 Å². The van der Waals surface area contributed by atoms with Gasteiger partial charge in [0.1, 0.15) is 6.61 Å². The number of aromatic nitrogens is 1. The van der Waals surface area contributed by atoms with Crippen molar-refractivity contribution in [3.8, 4) is 17.2 Å². The van der Waals surface area contributed by atoms with Crippen molar-refractivity contribution in [1.29, 1.82) is 0 Å². The molecule has 0 radical (unpaired) electrons. The van der Waals surface area contributed by atoms with Crippen molar-refractivity contribution in [3.63, 3.8) is 0 Å². The average Bonchev–Trinajstić information content (AvgIpc) is 3.30. The van der Waals surface area contributed by atoms with Crippen molar-refractivity contribution in [1.82, 2.24) is 4.57 Å². The predicted molar refractivity (Wildman–Crippen MR) is 189 cm³/mol. The summed E-state index contributed by atoms with van der Waals surface area (Å²) in [7, 11) is 1.54. The quantitative estimate of drug-likeness (QED) is 0.126. The van der Waals surface area contributed by atoms with E-state index in [2.05, 4.69) is 27.6 Å². The van der Waals surface area contributed by atoms with Gasteiger partial charge in [0.25, 0.3) is 5.56 Å². The summed E-state index contributed by atoms with van der Waals surface area (Å²) in [5.41, 5.74) is 2.61. The van der Waals surface area contributed by atoms with E-state index < -0.39 is 12.0 Å². The van der Waals surface area contributed by atoms with Crippen molar-refractivity contribution in [2.24, 2.45) is 4.99 Å². The van der Waals surface area contributed by atoms with Gasteiger partial charge in [0.05, 0.1) is 51.7 Å². The number of thiazole rings is 1. The lowest BCUT2D eigenvalue weighted by molar-refractivity contribution is -0.139. The van der Waals surface area contributed by atoms with E-state index in [0.717, 1.165) is 9.13 Å². The molecule has 0 N–H and O–H groups in total. The summed E-state index contributed by atoms with van der Waals surface area (Å²) in [6.07, 6.45) is 1.62. The van der Waals surface area contributed by atoms with Crippen LogP contribution in [0.15, 0.2) is 75.7 Å². The molecule has 0 spiro atoms. The number of halogens is 3. The molecule has 1 aliphatic heterocycles. The Morgan fingerprint density at radius 1 is 1.09 bits per heavy atom. The molecule has 0 aliphatic carbocycles. The Morgan fingerprint density at radius 3 is 2.41 bits per heavy atom. The summed E-state index contributed by atoms with van der Waals surface area (Å²) in [5.74, 6) is 0.824. The summed E-state index contributed by atoms with van der Waals surface area (Å²) in [4.78, 5) is 32.4. The normalized spacial score (nSPS) is 14.6. The van der Waals surface area contributed by atoms with Gasteiger partial charge in [0.2, 0.25) is 0 Å². The third-order valence-corrected chi connectivity index (χ3v) is 9.26. The second-order valence-corrected chi connectivity index (χ2v) is 13.7. The maximum atomic E-state index is 14.1. The highest BCUT2D eigenvalue weighted by molar-refractivity contribution is 14.1. The third kappa shape index (κ3) is 7.30. The number of benzene rings is 3. The molecule has 0 unspecified atom stereocenters. The molecule has 46 heavy (non-hydrogen) atoms. The van der Waals surface area contributed by atoms with Gasteiger partial charge in [-0.2, -0.15) is 0 Å². The van der Waals surface area contributed by atoms with E-state index in [4.69, 9.17) is 42.1 Å². The number of esters is 1. The number of methoxy groups -OCH3 is 1. The minimum absolute atomic E-state index is 0.0785. The van der Waals surface area contributed by atoms with Crippen molar-refractivity contribution in [3.05, 3.63) is 116 Å². The number of allylic oxidation sites excluding steroid dienone is 1. The molecule has 0 saturated carbocycles. The van der Waals surface area contributed by atoms with Gasteiger partial charge < -0.3 is 18.9 Å². The maximum Gasteiger partial charge on any atom is 0.338 e. The number of carbonyl (C=O) groups excluding carboxylic acids is 1. The first kappa shape index (κ1) is 34.0. The van der Waals surface area contributed by atoms with Crippen LogP contribution in [0.1, 0.15) is 50.4 Å². The van der Waals surface area contributed by atoms with Crippen molar-refractivity contribution >= 4 is 69.2 Å². The number of nitrogens with zero attached hydrogens (tertiary/aromatic N) is 2. The van der Waals surface area contributed by atoms with Crippen LogP contribution < -0.4 is 29.1 Å². The fraction of sp³-hybridized carbons (Fsp3) is 0.265. The molecule has 3 aromatic carbocycles. The van der Waals surface area contributed by atoms with Crippen molar-refractivity contribution in [2.45, 2.75) is 46.4 Å². The molecule has 1 atom stereocenters. The zero-order valence-electron chi connectivity index (χ0n) is 25.7. The van der Waals surface area contributed by atoms with Gasteiger partial charge >= 0.3 is 5.97 Å². The fourth-order valence-electron chi connectivity index (χ4n) is 5.00. The summed E-state index contributed by atoms with van der Waals surface area (Å²) < 4.78 is 25.9. The predicted octanol–water partition coefficient (Wildman–Crippen LogP) is 7.08. The van der Waals surface area contributed by atoms with Crippen LogP contribution in [0, 0.1) is 3.57 Å².